The van der Waals surface area contributed by atoms with E-state index >= 15 is 0 Å². The highest BCUT2D eigenvalue weighted by Crippen LogP contribution is 2.11. The van der Waals surface area contributed by atoms with Crippen molar-refractivity contribution in [2.45, 2.75) is 13.0 Å². The Labute approximate surface area is 170 Å². The first-order valence-electron chi connectivity index (χ1n) is 9.81. The lowest BCUT2D eigenvalue weighted by atomic mass is 10.1. The lowest BCUT2D eigenvalue weighted by molar-refractivity contribution is -0.125. The Hall–Kier alpha value is -2.99. The van der Waals surface area contributed by atoms with Gasteiger partial charge in [-0.1, -0.05) is 24.3 Å². The van der Waals surface area contributed by atoms with Crippen LogP contribution in [-0.2, 0) is 11.3 Å². The Morgan fingerprint density at radius 2 is 1.72 bits per heavy atom. The van der Waals surface area contributed by atoms with E-state index in [9.17, 15) is 14.0 Å². The molecule has 0 bridgehead atoms. The molecule has 1 fully saturated rings. The molecular formula is C23H26FN3O2. The van der Waals surface area contributed by atoms with E-state index < -0.39 is 0 Å². The molecule has 2 amide bonds. The summed E-state index contributed by atoms with van der Waals surface area (Å²) in [4.78, 5) is 28.3. The van der Waals surface area contributed by atoms with Crippen molar-refractivity contribution in [2.24, 2.45) is 0 Å². The van der Waals surface area contributed by atoms with E-state index in [-0.39, 0.29) is 17.6 Å². The van der Waals surface area contributed by atoms with Gasteiger partial charge < -0.3 is 10.2 Å². The number of rotatable bonds is 5. The van der Waals surface area contributed by atoms with Crippen LogP contribution in [0.15, 0.2) is 54.6 Å². The van der Waals surface area contributed by atoms with Crippen LogP contribution >= 0.6 is 0 Å². The molecule has 2 aromatic carbocycles. The molecule has 0 spiro atoms. The SMILES string of the molecule is CNC(=O)c1ccc(/C=C/C(=O)N2CCCN(Cc3ccc(F)cc3)CC2)cc1. The molecule has 0 aromatic heterocycles. The number of nitrogens with one attached hydrogen (secondary N) is 1. The van der Waals surface area contributed by atoms with E-state index in [4.69, 9.17) is 0 Å². The summed E-state index contributed by atoms with van der Waals surface area (Å²) in [5.41, 5.74) is 2.54. The van der Waals surface area contributed by atoms with Crippen molar-refractivity contribution in [3.63, 3.8) is 0 Å². The van der Waals surface area contributed by atoms with Crippen molar-refractivity contribution in [1.29, 1.82) is 0 Å². The number of halogens is 1. The number of hydrogen-bond acceptors (Lipinski definition) is 3. The fraction of sp³-hybridized carbons (Fsp3) is 0.304. The van der Waals surface area contributed by atoms with Crippen LogP contribution in [0.5, 0.6) is 0 Å². The summed E-state index contributed by atoms with van der Waals surface area (Å²) >= 11 is 0. The molecule has 0 saturated carbocycles. The molecule has 1 aliphatic rings. The normalized spacial score (nSPS) is 15.3. The molecule has 3 rings (SSSR count). The maximum absolute atomic E-state index is 13.1. The average molecular weight is 395 g/mol. The fourth-order valence-corrected chi connectivity index (χ4v) is 3.36. The van der Waals surface area contributed by atoms with Crippen molar-refractivity contribution in [3.05, 3.63) is 77.1 Å². The van der Waals surface area contributed by atoms with Crippen molar-refractivity contribution >= 4 is 17.9 Å². The minimum absolute atomic E-state index is 0.0102. The standard InChI is InChI=1S/C23H26FN3O2/c1-25-23(29)20-8-3-18(4-9-20)7-12-22(28)27-14-2-13-26(15-16-27)17-19-5-10-21(24)11-6-19/h3-12H,2,13-17H2,1H3,(H,25,29)/b12-7+. The van der Waals surface area contributed by atoms with Gasteiger partial charge in [0.05, 0.1) is 0 Å². The first kappa shape index (κ1) is 20.7. The molecule has 0 aliphatic carbocycles. The van der Waals surface area contributed by atoms with Gasteiger partial charge in [-0.25, -0.2) is 4.39 Å². The molecule has 1 heterocycles. The van der Waals surface area contributed by atoms with Gasteiger partial charge in [0, 0.05) is 51.4 Å². The predicted octanol–water partition coefficient (Wildman–Crippen LogP) is 2.93. The number of hydrogen-bond donors (Lipinski definition) is 1. The summed E-state index contributed by atoms with van der Waals surface area (Å²) < 4.78 is 13.1. The Morgan fingerprint density at radius 3 is 2.41 bits per heavy atom. The van der Waals surface area contributed by atoms with Gasteiger partial charge in [-0.3, -0.25) is 14.5 Å². The molecule has 0 unspecified atom stereocenters. The maximum Gasteiger partial charge on any atom is 0.251 e. The van der Waals surface area contributed by atoms with Gasteiger partial charge in [0.25, 0.3) is 5.91 Å². The Bertz CT molecular complexity index is 863. The highest BCUT2D eigenvalue weighted by atomic mass is 19.1. The van der Waals surface area contributed by atoms with Gasteiger partial charge in [-0.05, 0) is 47.9 Å². The minimum Gasteiger partial charge on any atom is -0.355 e. The highest BCUT2D eigenvalue weighted by molar-refractivity contribution is 5.94. The molecule has 5 nitrogen and oxygen atoms in total. The smallest absolute Gasteiger partial charge is 0.251 e. The van der Waals surface area contributed by atoms with Crippen LogP contribution in [0.1, 0.15) is 27.9 Å². The van der Waals surface area contributed by atoms with Crippen LogP contribution < -0.4 is 5.32 Å². The zero-order chi connectivity index (χ0) is 20.6. The second kappa shape index (κ2) is 9.98. The third-order valence-electron chi connectivity index (χ3n) is 5.04. The molecule has 0 atom stereocenters. The van der Waals surface area contributed by atoms with E-state index in [0.717, 1.165) is 43.7 Å². The fourth-order valence-electron chi connectivity index (χ4n) is 3.36. The number of nitrogens with zero attached hydrogens (tertiary/aromatic N) is 2. The summed E-state index contributed by atoms with van der Waals surface area (Å²) in [7, 11) is 1.59. The van der Waals surface area contributed by atoms with E-state index in [1.54, 1.807) is 43.5 Å². The van der Waals surface area contributed by atoms with Crippen molar-refractivity contribution in [3.8, 4) is 0 Å². The van der Waals surface area contributed by atoms with Crippen LogP contribution in [0.4, 0.5) is 4.39 Å². The van der Waals surface area contributed by atoms with Gasteiger partial charge in [0.15, 0.2) is 0 Å². The van der Waals surface area contributed by atoms with Gasteiger partial charge in [-0.2, -0.15) is 0 Å². The van der Waals surface area contributed by atoms with Gasteiger partial charge in [0.2, 0.25) is 5.91 Å². The topological polar surface area (TPSA) is 52.7 Å². The maximum atomic E-state index is 13.1. The quantitative estimate of drug-likeness (QED) is 0.792. The Kier molecular flexibility index (Phi) is 7.14. The minimum atomic E-state index is -0.226. The van der Waals surface area contributed by atoms with Gasteiger partial charge in [-0.15, -0.1) is 0 Å². The van der Waals surface area contributed by atoms with Crippen molar-refractivity contribution < 1.29 is 14.0 Å². The van der Waals surface area contributed by atoms with E-state index in [0.29, 0.717) is 12.1 Å². The molecule has 1 saturated heterocycles. The summed E-state index contributed by atoms with van der Waals surface area (Å²) in [6.45, 7) is 3.85. The van der Waals surface area contributed by atoms with E-state index in [2.05, 4.69) is 10.2 Å². The van der Waals surface area contributed by atoms with E-state index in [1.165, 1.54) is 12.1 Å². The Balaban J connectivity index is 1.52. The lowest BCUT2D eigenvalue weighted by Gasteiger charge is -2.21. The molecule has 29 heavy (non-hydrogen) atoms. The predicted molar refractivity (Wildman–Crippen MR) is 112 cm³/mol. The van der Waals surface area contributed by atoms with Crippen LogP contribution in [0.25, 0.3) is 6.08 Å². The van der Waals surface area contributed by atoms with Gasteiger partial charge in [0.1, 0.15) is 5.82 Å². The number of benzene rings is 2. The van der Waals surface area contributed by atoms with Crippen molar-refractivity contribution in [1.82, 2.24) is 15.1 Å². The number of carbonyl (C=O) groups excluding carboxylic acids is 2. The lowest BCUT2D eigenvalue weighted by Crippen LogP contribution is -2.34. The summed E-state index contributed by atoms with van der Waals surface area (Å²) in [6.07, 6.45) is 4.27. The van der Waals surface area contributed by atoms with Crippen LogP contribution in [0.2, 0.25) is 0 Å². The van der Waals surface area contributed by atoms with E-state index in [1.807, 2.05) is 17.0 Å². The summed E-state index contributed by atoms with van der Waals surface area (Å²) in [5, 5.41) is 2.58. The zero-order valence-electron chi connectivity index (χ0n) is 16.6. The molecule has 6 heteroatoms. The second-order valence-corrected chi connectivity index (χ2v) is 7.12. The molecular weight excluding hydrogens is 369 g/mol. The first-order valence-corrected chi connectivity index (χ1v) is 9.81. The molecule has 1 N–H and O–H groups in total. The van der Waals surface area contributed by atoms with Crippen LogP contribution in [0, 0.1) is 5.82 Å². The molecule has 2 aromatic rings. The largest absolute Gasteiger partial charge is 0.355 e. The highest BCUT2D eigenvalue weighted by Gasteiger charge is 2.17. The summed E-state index contributed by atoms with van der Waals surface area (Å²) in [6, 6.07) is 13.7. The third kappa shape index (κ3) is 5.99. The first-order chi connectivity index (χ1) is 14.0. The van der Waals surface area contributed by atoms with Crippen LogP contribution in [-0.4, -0.2) is 54.8 Å². The zero-order valence-corrected chi connectivity index (χ0v) is 16.6. The molecule has 152 valence electrons. The number of carbonyl (C=O) groups is 2. The van der Waals surface area contributed by atoms with Crippen LogP contribution in [0.3, 0.4) is 0 Å². The third-order valence-corrected chi connectivity index (χ3v) is 5.04. The second-order valence-electron chi connectivity index (χ2n) is 7.12. The van der Waals surface area contributed by atoms with Gasteiger partial charge >= 0.3 is 0 Å². The van der Waals surface area contributed by atoms with Crippen molar-refractivity contribution in [2.75, 3.05) is 33.2 Å². The average Bonchev–Trinajstić information content (AvgIpc) is 2.99. The Morgan fingerprint density at radius 1 is 1.00 bits per heavy atom. The summed E-state index contributed by atoms with van der Waals surface area (Å²) in [5.74, 6) is -0.369. The number of amides is 2. The molecule has 0 radical (unpaired) electrons. The molecule has 1 aliphatic heterocycles. The monoisotopic (exact) mass is 395 g/mol.